The number of nitrogens with one attached hydrogen (secondary N) is 6. The smallest absolute Gasteiger partial charge is 0.225 e. The molecule has 54 heavy (non-hydrogen) atoms. The molecule has 6 aromatic heterocycles. The van der Waals surface area contributed by atoms with Crippen LogP contribution in [0.2, 0.25) is 0 Å². The van der Waals surface area contributed by atoms with E-state index in [0.717, 1.165) is 81.4 Å². The van der Waals surface area contributed by atoms with Gasteiger partial charge in [0.05, 0.1) is 36.6 Å². The van der Waals surface area contributed by atoms with Crippen molar-refractivity contribution < 1.29 is 0 Å². The molecule has 0 spiro atoms. The minimum atomic E-state index is -0.0232. The van der Waals surface area contributed by atoms with Gasteiger partial charge in [-0.3, -0.25) is 20.0 Å². The Morgan fingerprint density at radius 1 is 0.574 bits per heavy atom. The van der Waals surface area contributed by atoms with Gasteiger partial charge in [-0.25, -0.2) is 9.97 Å². The number of nitrogens with zero attached hydrogens (tertiary/aromatic N) is 8. The molecule has 10 rings (SSSR count). The van der Waals surface area contributed by atoms with E-state index in [1.807, 2.05) is 61.2 Å². The maximum absolute atomic E-state index is 4.58. The molecule has 14 nitrogen and oxygen atoms in total. The maximum Gasteiger partial charge on any atom is 0.225 e. The summed E-state index contributed by atoms with van der Waals surface area (Å²) in [6.07, 6.45) is 20.5. The van der Waals surface area contributed by atoms with Crippen LogP contribution in [0.5, 0.6) is 0 Å². The molecule has 2 aliphatic heterocycles. The highest BCUT2D eigenvalue weighted by atomic mass is 15.2. The van der Waals surface area contributed by atoms with Crippen LogP contribution in [0, 0.1) is 11.8 Å². The van der Waals surface area contributed by atoms with Crippen LogP contribution in [0.3, 0.4) is 0 Å². The van der Waals surface area contributed by atoms with Crippen LogP contribution in [0.25, 0.3) is 21.8 Å². The normalized spacial score (nSPS) is 17.5. The molecule has 0 bridgehead atoms. The minimum absolute atomic E-state index is 0.0232. The van der Waals surface area contributed by atoms with Gasteiger partial charge in [0.2, 0.25) is 11.9 Å². The number of H-pyrrole nitrogens is 2. The van der Waals surface area contributed by atoms with Gasteiger partial charge in [0, 0.05) is 59.0 Å². The number of pyridine rings is 2. The number of aliphatic imine (C=N–C) groups is 2. The molecule has 0 aromatic carbocycles. The summed E-state index contributed by atoms with van der Waals surface area (Å²) in [7, 11) is 0. The van der Waals surface area contributed by atoms with Gasteiger partial charge in [-0.15, -0.1) is 0 Å². The highest BCUT2D eigenvalue weighted by Gasteiger charge is 2.29. The van der Waals surface area contributed by atoms with Crippen LogP contribution >= 0.6 is 0 Å². The molecule has 2 atom stereocenters. The monoisotopic (exact) mass is 718 g/mol. The zero-order chi connectivity index (χ0) is 36.4. The van der Waals surface area contributed by atoms with E-state index in [1.165, 1.54) is 36.8 Å². The van der Waals surface area contributed by atoms with Crippen molar-refractivity contribution in [1.82, 2.24) is 39.9 Å². The molecule has 0 saturated heterocycles. The Bertz CT molecular complexity index is 2260. The number of aromatic nitrogens is 8. The summed E-state index contributed by atoms with van der Waals surface area (Å²) < 4.78 is 0. The van der Waals surface area contributed by atoms with Crippen LogP contribution < -0.4 is 21.3 Å². The van der Waals surface area contributed by atoms with E-state index in [2.05, 4.69) is 97.1 Å². The molecule has 0 amide bonds. The van der Waals surface area contributed by atoms with Gasteiger partial charge in [0.15, 0.2) is 0 Å². The number of hydrogen-bond donors (Lipinski definition) is 6. The quantitative estimate of drug-likeness (QED) is 0.0837. The molecular weight excluding hydrogens is 677 g/mol. The first-order chi connectivity index (χ1) is 26.5. The third kappa shape index (κ3) is 7.54. The van der Waals surface area contributed by atoms with Crippen molar-refractivity contribution in [2.24, 2.45) is 21.8 Å². The van der Waals surface area contributed by atoms with Gasteiger partial charge in [-0.05, 0) is 111 Å². The molecule has 2 fully saturated rings. The third-order valence-corrected chi connectivity index (χ3v) is 10.1. The number of hydrogen-bond acceptors (Lipinski definition) is 12. The second kappa shape index (κ2) is 14.5. The van der Waals surface area contributed by atoms with E-state index in [1.54, 1.807) is 12.4 Å². The van der Waals surface area contributed by atoms with Crippen LogP contribution in [-0.2, 0) is 0 Å². The lowest BCUT2D eigenvalue weighted by Gasteiger charge is -2.15. The lowest BCUT2D eigenvalue weighted by atomic mass is 10.1. The molecular formula is C40H42N14. The molecule has 0 unspecified atom stereocenters. The number of fused-ring (bicyclic) bond motifs is 2. The molecule has 8 heterocycles. The second-order valence-corrected chi connectivity index (χ2v) is 14.2. The summed E-state index contributed by atoms with van der Waals surface area (Å²) in [4.78, 5) is 42.5. The molecule has 14 heteroatoms. The van der Waals surface area contributed by atoms with E-state index in [9.17, 15) is 0 Å². The third-order valence-electron chi connectivity index (χ3n) is 10.1. The molecule has 272 valence electrons. The highest BCUT2D eigenvalue weighted by Crippen LogP contribution is 2.38. The van der Waals surface area contributed by atoms with Crippen LogP contribution in [0.1, 0.15) is 63.0 Å². The lowest BCUT2D eigenvalue weighted by Crippen LogP contribution is -2.13. The first kappa shape index (κ1) is 33.4. The summed E-state index contributed by atoms with van der Waals surface area (Å²) in [5, 5.41) is 15.5. The molecule has 4 aliphatic rings. The zero-order valence-electron chi connectivity index (χ0n) is 30.2. The molecule has 0 radical (unpaired) electrons. The second-order valence-electron chi connectivity index (χ2n) is 14.2. The van der Waals surface area contributed by atoms with Crippen molar-refractivity contribution in [3.63, 3.8) is 0 Å². The molecule has 6 aromatic rings. The largest absolute Gasteiger partial charge is 0.361 e. The molecule has 6 N–H and O–H groups in total. The van der Waals surface area contributed by atoms with Gasteiger partial charge in [-0.2, -0.15) is 9.97 Å². The Morgan fingerprint density at radius 2 is 1.02 bits per heavy atom. The lowest BCUT2D eigenvalue weighted by molar-refractivity contribution is 0.833. The Morgan fingerprint density at radius 3 is 1.46 bits per heavy atom. The van der Waals surface area contributed by atoms with E-state index in [-0.39, 0.29) is 12.1 Å². The van der Waals surface area contributed by atoms with Crippen molar-refractivity contribution in [3.8, 4) is 0 Å². The van der Waals surface area contributed by atoms with Crippen molar-refractivity contribution in [2.75, 3.05) is 34.4 Å². The van der Waals surface area contributed by atoms with Crippen LogP contribution in [0.15, 0.2) is 107 Å². The van der Waals surface area contributed by atoms with E-state index in [0.29, 0.717) is 11.9 Å². The standard InChI is InChI=1S/2C20H21N7/c2*1-12(19-15-4-7-21-16(15)5-8-22-19)25-20-23-9-6-17(27-20)26-18-10-14(11-24-18)13-2-3-13/h2*4-10,12-13,21H,2-3,11H2,1H3,(H2,23,24,25,26,27)/t2*12-/m10/s1. The van der Waals surface area contributed by atoms with Crippen LogP contribution in [-0.4, -0.2) is 64.6 Å². The molecule has 2 aliphatic carbocycles. The molecule has 2 saturated carbocycles. The van der Waals surface area contributed by atoms with Crippen molar-refractivity contribution >= 4 is 57.0 Å². The fourth-order valence-corrected chi connectivity index (χ4v) is 6.92. The van der Waals surface area contributed by atoms with Gasteiger partial charge in [-0.1, -0.05) is 0 Å². The first-order valence-electron chi connectivity index (χ1n) is 18.6. The van der Waals surface area contributed by atoms with Crippen molar-refractivity contribution in [1.29, 1.82) is 0 Å². The maximum atomic E-state index is 4.58. The Hall–Kier alpha value is -6.44. The summed E-state index contributed by atoms with van der Waals surface area (Å²) >= 11 is 0. The number of rotatable bonds is 10. The fraction of sp³-hybridized carbons (Fsp3) is 0.300. The Kier molecular flexibility index (Phi) is 8.99. The zero-order valence-corrected chi connectivity index (χ0v) is 30.2. The van der Waals surface area contributed by atoms with E-state index >= 15 is 0 Å². The summed E-state index contributed by atoms with van der Waals surface area (Å²) in [6, 6.07) is 11.7. The summed E-state index contributed by atoms with van der Waals surface area (Å²) in [6.45, 7) is 5.74. The van der Waals surface area contributed by atoms with Gasteiger partial charge in [0.1, 0.15) is 23.3 Å². The van der Waals surface area contributed by atoms with Crippen molar-refractivity contribution in [3.05, 3.63) is 108 Å². The predicted molar refractivity (Wildman–Crippen MR) is 214 cm³/mol. The fourth-order valence-electron chi connectivity index (χ4n) is 6.92. The Balaban J connectivity index is 0.000000142. The SMILES string of the molecule is C[C@@H](Nc1nccc(NC2=NCC(C3CC3)=C2)n1)c1nccc2[nH]ccc12.C[C@H](Nc1nccc(NC2=NCC(C3CC3)=C2)n1)c1nccc2[nH]ccc12. The van der Waals surface area contributed by atoms with E-state index < -0.39 is 0 Å². The van der Waals surface area contributed by atoms with Gasteiger partial charge >= 0.3 is 0 Å². The average molecular weight is 719 g/mol. The van der Waals surface area contributed by atoms with Crippen LogP contribution in [0.4, 0.5) is 23.5 Å². The van der Waals surface area contributed by atoms with Gasteiger partial charge in [0.25, 0.3) is 0 Å². The highest BCUT2D eigenvalue weighted by molar-refractivity contribution is 6.06. The Labute approximate surface area is 312 Å². The van der Waals surface area contributed by atoms with Crippen molar-refractivity contribution in [2.45, 2.75) is 51.6 Å². The summed E-state index contributed by atoms with van der Waals surface area (Å²) in [5.74, 6) is 5.86. The number of amidine groups is 2. The predicted octanol–water partition coefficient (Wildman–Crippen LogP) is 7.37. The summed E-state index contributed by atoms with van der Waals surface area (Å²) in [5.41, 5.74) is 6.94. The topological polar surface area (TPSA) is 182 Å². The van der Waals surface area contributed by atoms with Gasteiger partial charge < -0.3 is 31.2 Å². The first-order valence-corrected chi connectivity index (χ1v) is 18.6. The number of aromatic amines is 2. The number of anilines is 4. The van der Waals surface area contributed by atoms with E-state index in [4.69, 9.17) is 0 Å². The average Bonchev–Trinajstić information content (AvgIpc) is 3.95. The minimum Gasteiger partial charge on any atom is -0.361 e.